The van der Waals surface area contributed by atoms with Gasteiger partial charge in [-0.25, -0.2) is 4.79 Å². The first kappa shape index (κ1) is 14.1. The summed E-state index contributed by atoms with van der Waals surface area (Å²) in [5, 5.41) is 8.77. The molecule has 0 aromatic carbocycles. The predicted octanol–water partition coefficient (Wildman–Crippen LogP) is -0.471. The number of morpholine rings is 1. The number of carboxylic acids is 1. The monoisotopic (exact) mass is 271 g/mol. The van der Waals surface area contributed by atoms with E-state index in [0.717, 1.165) is 26.2 Å². The molecule has 0 aromatic heterocycles. The molecule has 0 bridgehead atoms. The number of rotatable bonds is 2. The molecule has 1 atom stereocenters. The average Bonchev–Trinajstić information content (AvgIpc) is 2.38. The molecule has 0 saturated carbocycles. The van der Waals surface area contributed by atoms with Gasteiger partial charge in [0.2, 0.25) is 0 Å². The number of urea groups is 1. The predicted molar refractivity (Wildman–Crippen MR) is 68.0 cm³/mol. The molecular weight excluding hydrogens is 250 g/mol. The van der Waals surface area contributed by atoms with Crippen LogP contribution in [0.3, 0.4) is 0 Å². The third-order valence-electron chi connectivity index (χ3n) is 3.59. The van der Waals surface area contributed by atoms with Crippen LogP contribution in [0.5, 0.6) is 0 Å². The first-order chi connectivity index (χ1) is 9.06. The molecule has 0 aromatic rings. The number of carbonyl (C=O) groups is 2. The molecule has 7 nitrogen and oxygen atoms in total. The van der Waals surface area contributed by atoms with Gasteiger partial charge in [0.25, 0.3) is 0 Å². The number of ether oxygens (including phenoxy) is 1. The molecule has 2 fully saturated rings. The van der Waals surface area contributed by atoms with Crippen LogP contribution in [0.15, 0.2) is 0 Å². The maximum absolute atomic E-state index is 12.3. The molecule has 19 heavy (non-hydrogen) atoms. The summed E-state index contributed by atoms with van der Waals surface area (Å²) in [5.74, 6) is -0.890. The second-order valence-electron chi connectivity index (χ2n) is 5.11. The highest BCUT2D eigenvalue weighted by atomic mass is 16.5. The van der Waals surface area contributed by atoms with Gasteiger partial charge in [-0.3, -0.25) is 4.79 Å². The van der Waals surface area contributed by atoms with Crippen molar-refractivity contribution in [3.63, 3.8) is 0 Å². The van der Waals surface area contributed by atoms with Crippen molar-refractivity contribution in [1.82, 2.24) is 14.7 Å². The van der Waals surface area contributed by atoms with E-state index in [-0.39, 0.29) is 18.6 Å². The first-order valence-electron chi connectivity index (χ1n) is 6.62. The van der Waals surface area contributed by atoms with Gasteiger partial charge in [0.05, 0.1) is 19.1 Å². The van der Waals surface area contributed by atoms with Crippen molar-refractivity contribution in [3.8, 4) is 0 Å². The lowest BCUT2D eigenvalue weighted by Crippen LogP contribution is -2.55. The number of hydrogen-bond acceptors (Lipinski definition) is 4. The van der Waals surface area contributed by atoms with E-state index in [1.807, 2.05) is 11.9 Å². The minimum atomic E-state index is -0.890. The van der Waals surface area contributed by atoms with Crippen molar-refractivity contribution in [2.24, 2.45) is 0 Å². The van der Waals surface area contributed by atoms with Gasteiger partial charge in [0.15, 0.2) is 0 Å². The Kier molecular flexibility index (Phi) is 4.60. The van der Waals surface area contributed by atoms with Crippen LogP contribution in [0.25, 0.3) is 0 Å². The summed E-state index contributed by atoms with van der Waals surface area (Å²) in [6.07, 6.45) is -0.436. The summed E-state index contributed by atoms with van der Waals surface area (Å²) in [6, 6.07) is 0.00629. The van der Waals surface area contributed by atoms with Gasteiger partial charge >= 0.3 is 12.0 Å². The van der Waals surface area contributed by atoms with Crippen LogP contribution in [0.2, 0.25) is 0 Å². The van der Waals surface area contributed by atoms with Crippen LogP contribution >= 0.6 is 0 Å². The zero-order chi connectivity index (χ0) is 13.8. The van der Waals surface area contributed by atoms with E-state index < -0.39 is 5.97 Å². The lowest BCUT2D eigenvalue weighted by Gasteiger charge is -2.39. The van der Waals surface area contributed by atoms with Gasteiger partial charge in [-0.1, -0.05) is 0 Å². The maximum Gasteiger partial charge on any atom is 0.320 e. The fraction of sp³-hybridized carbons (Fsp3) is 0.833. The van der Waals surface area contributed by atoms with Gasteiger partial charge < -0.3 is 24.5 Å². The highest BCUT2D eigenvalue weighted by Gasteiger charge is 2.29. The molecule has 2 amide bonds. The molecule has 2 aliphatic rings. The van der Waals surface area contributed by atoms with E-state index in [2.05, 4.69) is 4.90 Å². The zero-order valence-corrected chi connectivity index (χ0v) is 11.2. The first-order valence-corrected chi connectivity index (χ1v) is 6.62. The third-order valence-corrected chi connectivity index (χ3v) is 3.59. The van der Waals surface area contributed by atoms with Crippen LogP contribution in [-0.4, -0.2) is 90.8 Å². The summed E-state index contributed by atoms with van der Waals surface area (Å²) in [7, 11) is 2.04. The molecule has 108 valence electrons. The number of hydrogen-bond donors (Lipinski definition) is 1. The summed E-state index contributed by atoms with van der Waals surface area (Å²) >= 11 is 0. The molecule has 0 aliphatic carbocycles. The normalized spacial score (nSPS) is 25.4. The van der Waals surface area contributed by atoms with E-state index >= 15 is 0 Å². The highest BCUT2D eigenvalue weighted by molar-refractivity contribution is 5.75. The van der Waals surface area contributed by atoms with Gasteiger partial charge in [0.1, 0.15) is 0 Å². The van der Waals surface area contributed by atoms with Crippen molar-refractivity contribution in [2.45, 2.75) is 12.5 Å². The Balaban J connectivity index is 1.86. The van der Waals surface area contributed by atoms with E-state index in [0.29, 0.717) is 19.7 Å². The summed E-state index contributed by atoms with van der Waals surface area (Å²) in [4.78, 5) is 28.7. The standard InChI is InChI=1S/C12H21N3O4/c1-13-2-4-14(5-3-13)12(18)15-6-7-19-10(9-15)8-11(16)17/h10H,2-9H2,1H3,(H,16,17). The Morgan fingerprint density at radius 1 is 1.16 bits per heavy atom. The van der Waals surface area contributed by atoms with Crippen LogP contribution in [0.1, 0.15) is 6.42 Å². The molecule has 0 radical (unpaired) electrons. The minimum Gasteiger partial charge on any atom is -0.481 e. The van der Waals surface area contributed by atoms with Crippen LogP contribution in [-0.2, 0) is 9.53 Å². The van der Waals surface area contributed by atoms with E-state index in [9.17, 15) is 9.59 Å². The third kappa shape index (κ3) is 3.81. The molecular formula is C12H21N3O4. The summed E-state index contributed by atoms with van der Waals surface area (Å²) in [6.45, 7) is 4.56. The van der Waals surface area contributed by atoms with Crippen LogP contribution < -0.4 is 0 Å². The topological polar surface area (TPSA) is 73.3 Å². The second-order valence-corrected chi connectivity index (χ2v) is 5.11. The number of aliphatic carboxylic acids is 1. The lowest BCUT2D eigenvalue weighted by atomic mass is 10.2. The fourth-order valence-corrected chi connectivity index (χ4v) is 2.41. The Morgan fingerprint density at radius 3 is 2.47 bits per heavy atom. The van der Waals surface area contributed by atoms with Crippen LogP contribution in [0.4, 0.5) is 4.79 Å². The van der Waals surface area contributed by atoms with Crippen molar-refractivity contribution >= 4 is 12.0 Å². The molecule has 2 saturated heterocycles. The SMILES string of the molecule is CN1CCN(C(=O)N2CCOC(CC(=O)O)C2)CC1. The fourth-order valence-electron chi connectivity index (χ4n) is 2.41. The highest BCUT2D eigenvalue weighted by Crippen LogP contribution is 2.12. The molecule has 7 heteroatoms. The summed E-state index contributed by atoms with van der Waals surface area (Å²) < 4.78 is 5.37. The Morgan fingerprint density at radius 2 is 1.84 bits per heavy atom. The zero-order valence-electron chi connectivity index (χ0n) is 11.2. The molecule has 1 N–H and O–H groups in total. The second kappa shape index (κ2) is 6.21. The van der Waals surface area contributed by atoms with Gasteiger partial charge in [0, 0.05) is 39.3 Å². The largest absolute Gasteiger partial charge is 0.481 e. The molecule has 1 unspecified atom stereocenters. The van der Waals surface area contributed by atoms with E-state index in [4.69, 9.17) is 9.84 Å². The number of nitrogens with zero attached hydrogens (tertiary/aromatic N) is 3. The van der Waals surface area contributed by atoms with Crippen molar-refractivity contribution < 1.29 is 19.4 Å². The number of amides is 2. The number of carboxylic acid groups (broad SMARTS) is 1. The molecule has 0 spiro atoms. The number of carbonyl (C=O) groups excluding carboxylic acids is 1. The average molecular weight is 271 g/mol. The minimum absolute atomic E-state index is 0.00629. The lowest BCUT2D eigenvalue weighted by molar-refractivity contribution is -0.141. The smallest absolute Gasteiger partial charge is 0.320 e. The molecule has 2 rings (SSSR count). The Labute approximate surface area is 112 Å². The number of likely N-dealkylation sites (N-methyl/N-ethyl adjacent to an activating group) is 1. The number of piperazine rings is 1. The van der Waals surface area contributed by atoms with Gasteiger partial charge in [-0.2, -0.15) is 0 Å². The maximum atomic E-state index is 12.3. The molecule has 2 aliphatic heterocycles. The summed E-state index contributed by atoms with van der Waals surface area (Å²) in [5.41, 5.74) is 0. The quantitative estimate of drug-likeness (QED) is 0.735. The van der Waals surface area contributed by atoms with Crippen molar-refractivity contribution in [2.75, 3.05) is 52.9 Å². The van der Waals surface area contributed by atoms with Gasteiger partial charge in [-0.15, -0.1) is 0 Å². The van der Waals surface area contributed by atoms with E-state index in [1.54, 1.807) is 4.90 Å². The van der Waals surface area contributed by atoms with Gasteiger partial charge in [-0.05, 0) is 7.05 Å². The molecule has 2 heterocycles. The van der Waals surface area contributed by atoms with Crippen molar-refractivity contribution in [1.29, 1.82) is 0 Å². The van der Waals surface area contributed by atoms with Crippen LogP contribution in [0, 0.1) is 0 Å². The van der Waals surface area contributed by atoms with E-state index in [1.165, 1.54) is 0 Å². The van der Waals surface area contributed by atoms with Crippen molar-refractivity contribution in [3.05, 3.63) is 0 Å². The Hall–Kier alpha value is -1.34. The Bertz CT molecular complexity index is 342.